The Hall–Kier alpha value is -0.960. The molecule has 0 unspecified atom stereocenters. The minimum atomic E-state index is 0.223. The first-order chi connectivity index (χ1) is 8.27. The van der Waals surface area contributed by atoms with E-state index in [9.17, 15) is 0 Å². The van der Waals surface area contributed by atoms with Crippen molar-refractivity contribution in [3.8, 4) is 0 Å². The van der Waals surface area contributed by atoms with E-state index < -0.39 is 0 Å². The molecule has 0 aliphatic heterocycles. The van der Waals surface area contributed by atoms with Crippen molar-refractivity contribution in [2.75, 3.05) is 0 Å². The predicted octanol–water partition coefficient (Wildman–Crippen LogP) is 2.67. The number of nitrogens with zero attached hydrogens (tertiary/aromatic N) is 1. The van der Waals surface area contributed by atoms with Crippen LogP contribution in [0.3, 0.4) is 0 Å². The van der Waals surface area contributed by atoms with E-state index in [2.05, 4.69) is 11.2 Å². The van der Waals surface area contributed by atoms with Crippen LogP contribution in [0, 0.1) is 0 Å². The van der Waals surface area contributed by atoms with Gasteiger partial charge in [-0.25, -0.2) is 0 Å². The van der Waals surface area contributed by atoms with Crippen molar-refractivity contribution in [1.29, 1.82) is 0 Å². The molecule has 3 heteroatoms. The number of hydrogen-bond donors (Lipinski definition) is 1. The first-order valence-corrected chi connectivity index (χ1v) is 6.97. The van der Waals surface area contributed by atoms with Crippen LogP contribution in [0.5, 0.6) is 0 Å². The van der Waals surface area contributed by atoms with Crippen LogP contribution >= 0.6 is 12.2 Å². The summed E-state index contributed by atoms with van der Waals surface area (Å²) in [6.45, 7) is 0. The summed E-state index contributed by atoms with van der Waals surface area (Å²) in [5.74, 6) is 0.223. The van der Waals surface area contributed by atoms with Crippen LogP contribution in [0.2, 0.25) is 0 Å². The molecule has 0 amide bonds. The number of hydrogen-bond acceptors (Lipinski definition) is 2. The highest BCUT2D eigenvalue weighted by atomic mass is 32.1. The van der Waals surface area contributed by atoms with Gasteiger partial charge < -0.3 is 5.73 Å². The molecule has 3 rings (SSSR count). The van der Waals surface area contributed by atoms with Crippen molar-refractivity contribution in [3.05, 3.63) is 28.6 Å². The Bertz CT molecular complexity index is 468. The predicted molar refractivity (Wildman–Crippen MR) is 73.3 cm³/mol. The summed E-state index contributed by atoms with van der Waals surface area (Å²) in [5.41, 5.74) is 11.6. The van der Waals surface area contributed by atoms with E-state index in [4.69, 9.17) is 18.0 Å². The largest absolute Gasteiger partial charge is 0.393 e. The zero-order valence-corrected chi connectivity index (χ0v) is 10.9. The lowest BCUT2D eigenvalue weighted by atomic mass is 9.80. The molecule has 2 aliphatic rings. The van der Waals surface area contributed by atoms with Crippen LogP contribution in [0.4, 0.5) is 0 Å². The molecule has 1 atom stereocenters. The molecule has 1 aromatic rings. The van der Waals surface area contributed by atoms with E-state index in [1.807, 2.05) is 0 Å². The van der Waals surface area contributed by atoms with Crippen molar-refractivity contribution in [2.45, 2.75) is 50.9 Å². The smallest absolute Gasteiger partial charge is 0.0819 e. The Labute approximate surface area is 108 Å². The van der Waals surface area contributed by atoms with Crippen molar-refractivity contribution in [3.63, 3.8) is 0 Å². The summed E-state index contributed by atoms with van der Waals surface area (Å²) in [4.78, 5) is 5.29. The zero-order valence-electron chi connectivity index (χ0n) is 10.0. The Morgan fingerprint density at radius 1 is 1.18 bits per heavy atom. The monoisotopic (exact) mass is 246 g/mol. The van der Waals surface area contributed by atoms with Crippen LogP contribution in [0.15, 0.2) is 6.20 Å². The van der Waals surface area contributed by atoms with Crippen LogP contribution in [-0.2, 0) is 19.3 Å². The lowest BCUT2D eigenvalue weighted by Crippen LogP contribution is -2.26. The summed E-state index contributed by atoms with van der Waals surface area (Å²) in [5, 5.41) is 0. The summed E-state index contributed by atoms with van der Waals surface area (Å²) in [6.07, 6.45) is 10.6. The normalized spacial score (nSPS) is 22.7. The van der Waals surface area contributed by atoms with Gasteiger partial charge in [0.15, 0.2) is 0 Å². The molecule has 0 saturated heterocycles. The van der Waals surface area contributed by atoms with Crippen LogP contribution < -0.4 is 5.73 Å². The van der Waals surface area contributed by atoms with Crippen molar-refractivity contribution in [1.82, 2.24) is 4.98 Å². The standard InChI is InChI=1S/C14H18N2S/c15-14(17)12-7-3-6-11-10-5-2-1-4-9(10)8-16-13(11)12/h8,12H,1-7H2,(H2,15,17)/t12-/m0/s1. The van der Waals surface area contributed by atoms with Crippen molar-refractivity contribution >= 4 is 17.2 Å². The molecule has 0 saturated carbocycles. The van der Waals surface area contributed by atoms with Gasteiger partial charge in [0.1, 0.15) is 0 Å². The van der Waals surface area contributed by atoms with Gasteiger partial charge in [-0.05, 0) is 61.6 Å². The van der Waals surface area contributed by atoms with Gasteiger partial charge in [0.25, 0.3) is 0 Å². The molecular weight excluding hydrogens is 228 g/mol. The Morgan fingerprint density at radius 2 is 1.94 bits per heavy atom. The minimum absolute atomic E-state index is 0.223. The Morgan fingerprint density at radius 3 is 2.76 bits per heavy atom. The van der Waals surface area contributed by atoms with Gasteiger partial charge in [0, 0.05) is 6.20 Å². The van der Waals surface area contributed by atoms with E-state index in [1.54, 1.807) is 5.56 Å². The molecule has 2 aliphatic carbocycles. The van der Waals surface area contributed by atoms with Crippen LogP contribution in [0.25, 0.3) is 0 Å². The Balaban J connectivity index is 2.11. The second kappa shape index (κ2) is 4.37. The third-order valence-electron chi connectivity index (χ3n) is 4.14. The molecule has 2 N–H and O–H groups in total. The van der Waals surface area contributed by atoms with Gasteiger partial charge in [-0.2, -0.15) is 0 Å². The molecule has 90 valence electrons. The maximum atomic E-state index is 5.85. The highest BCUT2D eigenvalue weighted by Gasteiger charge is 2.27. The molecule has 1 aromatic heterocycles. The van der Waals surface area contributed by atoms with E-state index in [0.29, 0.717) is 4.99 Å². The average Bonchev–Trinajstić information content (AvgIpc) is 2.37. The van der Waals surface area contributed by atoms with Gasteiger partial charge in [0.2, 0.25) is 0 Å². The number of thiocarbonyl (C=S) groups is 1. The third kappa shape index (κ3) is 1.86. The highest BCUT2D eigenvalue weighted by molar-refractivity contribution is 7.80. The molecular formula is C14H18N2S. The number of aromatic nitrogens is 1. The number of fused-ring (bicyclic) bond motifs is 3. The van der Waals surface area contributed by atoms with E-state index in [1.165, 1.54) is 55.3 Å². The lowest BCUT2D eigenvalue weighted by Gasteiger charge is -2.28. The first kappa shape index (κ1) is 11.1. The fourth-order valence-corrected chi connectivity index (χ4v) is 3.50. The summed E-state index contributed by atoms with van der Waals surface area (Å²) in [7, 11) is 0. The maximum Gasteiger partial charge on any atom is 0.0819 e. The number of aryl methyl sites for hydroxylation is 1. The molecule has 17 heavy (non-hydrogen) atoms. The van der Waals surface area contributed by atoms with Gasteiger partial charge in [-0.1, -0.05) is 12.2 Å². The first-order valence-electron chi connectivity index (χ1n) is 6.56. The summed E-state index contributed by atoms with van der Waals surface area (Å²) in [6, 6.07) is 0. The topological polar surface area (TPSA) is 38.9 Å². The molecule has 0 spiro atoms. The van der Waals surface area contributed by atoms with E-state index in [0.717, 1.165) is 6.42 Å². The third-order valence-corrected chi connectivity index (χ3v) is 4.42. The summed E-state index contributed by atoms with van der Waals surface area (Å²) < 4.78 is 0. The lowest BCUT2D eigenvalue weighted by molar-refractivity contribution is 0.605. The van der Waals surface area contributed by atoms with Crippen molar-refractivity contribution < 1.29 is 0 Å². The molecule has 0 bridgehead atoms. The number of rotatable bonds is 1. The van der Waals surface area contributed by atoms with Crippen molar-refractivity contribution in [2.24, 2.45) is 5.73 Å². The van der Waals surface area contributed by atoms with E-state index >= 15 is 0 Å². The fourth-order valence-electron chi connectivity index (χ4n) is 3.27. The SMILES string of the molecule is NC(=S)[C@H]1CCCc2c1ncc1c2CCCC1. The molecule has 0 fully saturated rings. The Kier molecular flexibility index (Phi) is 2.87. The maximum absolute atomic E-state index is 5.85. The quantitative estimate of drug-likeness (QED) is 0.774. The molecule has 0 radical (unpaired) electrons. The second-order valence-electron chi connectivity index (χ2n) is 5.18. The minimum Gasteiger partial charge on any atom is -0.393 e. The van der Waals surface area contributed by atoms with Gasteiger partial charge in [-0.3, -0.25) is 4.98 Å². The van der Waals surface area contributed by atoms with Gasteiger partial charge in [-0.15, -0.1) is 0 Å². The number of nitrogens with two attached hydrogens (primary N) is 1. The second-order valence-corrected chi connectivity index (χ2v) is 5.65. The fraction of sp³-hybridized carbons (Fsp3) is 0.571. The van der Waals surface area contributed by atoms with Gasteiger partial charge in [0.05, 0.1) is 16.6 Å². The van der Waals surface area contributed by atoms with Gasteiger partial charge >= 0.3 is 0 Å². The average molecular weight is 246 g/mol. The highest BCUT2D eigenvalue weighted by Crippen LogP contribution is 2.35. The van der Waals surface area contributed by atoms with Crippen LogP contribution in [-0.4, -0.2) is 9.97 Å². The number of pyridine rings is 1. The van der Waals surface area contributed by atoms with Crippen LogP contribution in [0.1, 0.15) is 54.0 Å². The molecule has 2 nitrogen and oxygen atoms in total. The molecule has 0 aromatic carbocycles. The summed E-state index contributed by atoms with van der Waals surface area (Å²) >= 11 is 5.18. The van der Waals surface area contributed by atoms with E-state index in [-0.39, 0.29) is 5.92 Å². The zero-order chi connectivity index (χ0) is 11.8. The molecule has 1 heterocycles.